The van der Waals surface area contributed by atoms with Crippen molar-refractivity contribution in [3.05, 3.63) is 50.1 Å². The molecular weight excluding hydrogens is 430 g/mol. The molecule has 0 bridgehead atoms. The highest BCUT2D eigenvalue weighted by molar-refractivity contribution is 7.99. The molecule has 0 unspecified atom stereocenters. The maximum Gasteiger partial charge on any atom is 0.267 e. The number of morpholine rings is 1. The van der Waals surface area contributed by atoms with Crippen LogP contribution in [0.5, 0.6) is 0 Å². The van der Waals surface area contributed by atoms with Crippen LogP contribution in [0.15, 0.2) is 28.2 Å². The van der Waals surface area contributed by atoms with E-state index in [1.165, 1.54) is 17.3 Å². The van der Waals surface area contributed by atoms with E-state index in [1.54, 1.807) is 15.9 Å². The minimum atomic E-state index is -0.0595. The molecule has 3 aromatic rings. The molecule has 1 aliphatic rings. The third-order valence-electron chi connectivity index (χ3n) is 5.79. The van der Waals surface area contributed by atoms with Crippen molar-refractivity contribution in [1.82, 2.24) is 14.5 Å². The van der Waals surface area contributed by atoms with Gasteiger partial charge in [0, 0.05) is 18.0 Å². The highest BCUT2D eigenvalue weighted by Gasteiger charge is 2.22. The maximum absolute atomic E-state index is 13.7. The van der Waals surface area contributed by atoms with Gasteiger partial charge in [0.25, 0.3) is 5.56 Å². The molecular formula is C23H27N3O3S2. The Morgan fingerprint density at radius 2 is 1.94 bits per heavy atom. The zero-order chi connectivity index (χ0) is 22.1. The molecule has 0 radical (unpaired) electrons. The second kappa shape index (κ2) is 9.14. The van der Waals surface area contributed by atoms with Crippen molar-refractivity contribution >= 4 is 39.2 Å². The zero-order valence-corrected chi connectivity index (χ0v) is 20.0. The summed E-state index contributed by atoms with van der Waals surface area (Å²) in [5.74, 6) is 0.291. The molecule has 0 atom stereocenters. The predicted octanol–water partition coefficient (Wildman–Crippen LogP) is 3.89. The first kappa shape index (κ1) is 22.0. The molecule has 0 aliphatic carbocycles. The van der Waals surface area contributed by atoms with Gasteiger partial charge >= 0.3 is 0 Å². The van der Waals surface area contributed by atoms with Crippen molar-refractivity contribution in [2.45, 2.75) is 39.3 Å². The fourth-order valence-electron chi connectivity index (χ4n) is 3.84. The maximum atomic E-state index is 13.7. The van der Waals surface area contributed by atoms with Gasteiger partial charge in [0.2, 0.25) is 5.91 Å². The molecule has 1 aromatic carbocycles. The Balaban J connectivity index is 1.79. The quantitative estimate of drug-likeness (QED) is 0.430. The largest absolute Gasteiger partial charge is 0.378 e. The van der Waals surface area contributed by atoms with Gasteiger partial charge in [-0.15, -0.1) is 11.3 Å². The lowest BCUT2D eigenvalue weighted by molar-refractivity contribution is -0.132. The molecule has 1 amide bonds. The Kier molecular flexibility index (Phi) is 6.50. The van der Waals surface area contributed by atoms with Crippen molar-refractivity contribution in [1.29, 1.82) is 0 Å². The number of thioether (sulfide) groups is 1. The number of aromatic nitrogens is 2. The summed E-state index contributed by atoms with van der Waals surface area (Å²) in [6, 6.07) is 5.99. The summed E-state index contributed by atoms with van der Waals surface area (Å²) in [5.41, 5.74) is 4.08. The first-order valence-electron chi connectivity index (χ1n) is 10.5. The van der Waals surface area contributed by atoms with Crippen molar-refractivity contribution < 1.29 is 9.53 Å². The van der Waals surface area contributed by atoms with Crippen LogP contribution in [0.25, 0.3) is 15.9 Å². The molecule has 3 heterocycles. The molecule has 0 saturated carbocycles. The number of thiophene rings is 1. The van der Waals surface area contributed by atoms with Gasteiger partial charge in [-0.2, -0.15) is 0 Å². The third kappa shape index (κ3) is 4.29. The van der Waals surface area contributed by atoms with Gasteiger partial charge in [-0.05, 0) is 56.0 Å². The van der Waals surface area contributed by atoms with Crippen LogP contribution < -0.4 is 5.56 Å². The summed E-state index contributed by atoms with van der Waals surface area (Å²) in [6.07, 6.45) is 0.789. The molecule has 1 saturated heterocycles. The lowest BCUT2D eigenvalue weighted by Gasteiger charge is -2.26. The number of hydrogen-bond acceptors (Lipinski definition) is 6. The van der Waals surface area contributed by atoms with Crippen LogP contribution in [-0.2, 0) is 16.0 Å². The number of carbonyl (C=O) groups is 1. The second-order valence-corrected chi connectivity index (χ2v) is 9.90. The molecule has 1 aliphatic heterocycles. The van der Waals surface area contributed by atoms with Gasteiger partial charge in [0.1, 0.15) is 4.83 Å². The highest BCUT2D eigenvalue weighted by atomic mass is 32.2. The number of carbonyl (C=O) groups excluding carboxylic acids is 1. The van der Waals surface area contributed by atoms with E-state index >= 15 is 0 Å². The smallest absolute Gasteiger partial charge is 0.267 e. The van der Waals surface area contributed by atoms with Crippen molar-refractivity contribution in [2.24, 2.45) is 0 Å². The average molecular weight is 458 g/mol. The Labute approximate surface area is 190 Å². The number of aryl methyl sites for hydroxylation is 4. The van der Waals surface area contributed by atoms with Crippen LogP contribution in [0.4, 0.5) is 0 Å². The van der Waals surface area contributed by atoms with E-state index in [-0.39, 0.29) is 17.2 Å². The van der Waals surface area contributed by atoms with Crippen LogP contribution >= 0.6 is 23.1 Å². The van der Waals surface area contributed by atoms with Gasteiger partial charge in [0.15, 0.2) is 5.16 Å². The van der Waals surface area contributed by atoms with Gasteiger partial charge in [-0.1, -0.05) is 24.8 Å². The number of rotatable bonds is 5. The molecule has 1 fully saturated rings. The number of fused-ring (bicyclic) bond motifs is 1. The Morgan fingerprint density at radius 3 is 2.61 bits per heavy atom. The average Bonchev–Trinajstić information content (AvgIpc) is 3.10. The first-order chi connectivity index (χ1) is 14.9. The lowest BCUT2D eigenvalue weighted by atomic mass is 10.1. The summed E-state index contributed by atoms with van der Waals surface area (Å²) >= 11 is 2.89. The molecule has 6 nitrogen and oxygen atoms in total. The zero-order valence-electron chi connectivity index (χ0n) is 18.4. The first-order valence-corrected chi connectivity index (χ1v) is 12.3. The van der Waals surface area contributed by atoms with Gasteiger partial charge < -0.3 is 9.64 Å². The van der Waals surface area contributed by atoms with E-state index < -0.39 is 0 Å². The van der Waals surface area contributed by atoms with Crippen molar-refractivity contribution in [3.63, 3.8) is 0 Å². The molecule has 0 spiro atoms. The van der Waals surface area contributed by atoms with Crippen molar-refractivity contribution in [3.8, 4) is 5.69 Å². The van der Waals surface area contributed by atoms with Gasteiger partial charge in [-0.3, -0.25) is 14.2 Å². The van der Waals surface area contributed by atoms with E-state index in [9.17, 15) is 9.59 Å². The third-order valence-corrected chi connectivity index (χ3v) is 7.75. The molecule has 2 aromatic heterocycles. The van der Waals surface area contributed by atoms with Crippen LogP contribution in [0, 0.1) is 20.8 Å². The van der Waals surface area contributed by atoms with Crippen LogP contribution in [0.2, 0.25) is 0 Å². The minimum Gasteiger partial charge on any atom is -0.378 e. The monoisotopic (exact) mass is 457 g/mol. The molecule has 4 rings (SSSR count). The Morgan fingerprint density at radius 1 is 1.19 bits per heavy atom. The summed E-state index contributed by atoms with van der Waals surface area (Å²) < 4.78 is 7.02. The predicted molar refractivity (Wildman–Crippen MR) is 127 cm³/mol. The Hall–Kier alpha value is -2.16. The molecule has 0 N–H and O–H groups in total. The fourth-order valence-corrected chi connectivity index (χ4v) is 5.91. The summed E-state index contributed by atoms with van der Waals surface area (Å²) in [5, 5.41) is 1.26. The summed E-state index contributed by atoms with van der Waals surface area (Å²) in [4.78, 5) is 35.0. The lowest BCUT2D eigenvalue weighted by Crippen LogP contribution is -2.41. The number of amides is 1. The molecule has 31 heavy (non-hydrogen) atoms. The number of nitrogens with zero attached hydrogens (tertiary/aromatic N) is 3. The van der Waals surface area contributed by atoms with Crippen LogP contribution in [-0.4, -0.2) is 52.4 Å². The van der Waals surface area contributed by atoms with E-state index in [4.69, 9.17) is 9.72 Å². The van der Waals surface area contributed by atoms with Gasteiger partial charge in [0.05, 0.1) is 30.0 Å². The summed E-state index contributed by atoms with van der Waals surface area (Å²) in [7, 11) is 0. The fraction of sp³-hybridized carbons (Fsp3) is 0.435. The number of benzene rings is 1. The summed E-state index contributed by atoms with van der Waals surface area (Å²) in [6.45, 7) is 10.6. The second-order valence-electron chi connectivity index (χ2n) is 7.76. The van der Waals surface area contributed by atoms with E-state index in [0.717, 1.165) is 32.9 Å². The number of hydrogen-bond donors (Lipinski definition) is 0. The van der Waals surface area contributed by atoms with E-state index in [2.05, 4.69) is 13.8 Å². The van der Waals surface area contributed by atoms with Crippen LogP contribution in [0.1, 0.15) is 28.5 Å². The minimum absolute atomic E-state index is 0.0471. The topological polar surface area (TPSA) is 64.4 Å². The highest BCUT2D eigenvalue weighted by Crippen LogP contribution is 2.31. The standard InChI is InChI=1S/C23H27N3O3S2/c1-5-18-16(4)31-21-20(18)22(28)26(17-7-6-14(2)15(3)12-17)23(24-21)30-13-19(27)25-8-10-29-11-9-25/h6-7,12H,5,8-11,13H2,1-4H3. The normalized spacial score (nSPS) is 14.4. The van der Waals surface area contributed by atoms with Crippen LogP contribution in [0.3, 0.4) is 0 Å². The Bertz CT molecular complexity index is 1190. The molecule has 8 heteroatoms. The SMILES string of the molecule is CCc1c(C)sc2nc(SCC(=O)N3CCOCC3)n(-c3ccc(C)c(C)c3)c(=O)c12. The van der Waals surface area contributed by atoms with Gasteiger partial charge in [-0.25, -0.2) is 4.98 Å². The van der Waals surface area contributed by atoms with E-state index in [0.29, 0.717) is 36.8 Å². The van der Waals surface area contributed by atoms with Crippen molar-refractivity contribution in [2.75, 3.05) is 32.1 Å². The number of ether oxygens (including phenoxy) is 1. The molecule has 164 valence electrons. The van der Waals surface area contributed by atoms with E-state index in [1.807, 2.05) is 36.9 Å².